The quantitative estimate of drug-likeness (QED) is 0.698. The van der Waals surface area contributed by atoms with Gasteiger partial charge in [-0.15, -0.1) is 11.3 Å². The molecule has 146 valence electrons. The molecule has 0 saturated heterocycles. The number of nitrogens with zero attached hydrogens (tertiary/aromatic N) is 1. The van der Waals surface area contributed by atoms with Crippen LogP contribution in [-0.2, 0) is 11.8 Å². The molecule has 0 aliphatic rings. The fraction of sp³-hybridized carbons (Fsp3) is 0.400. The van der Waals surface area contributed by atoms with E-state index in [9.17, 15) is 9.59 Å². The fourth-order valence-electron chi connectivity index (χ4n) is 2.32. The molecule has 0 saturated carbocycles. The van der Waals surface area contributed by atoms with Crippen LogP contribution in [0.1, 0.15) is 33.3 Å². The van der Waals surface area contributed by atoms with Crippen LogP contribution in [0.4, 0.5) is 0 Å². The van der Waals surface area contributed by atoms with Crippen LogP contribution in [0.15, 0.2) is 21.4 Å². The van der Waals surface area contributed by atoms with E-state index in [1.807, 2.05) is 39.8 Å². The number of ether oxygens (including phenoxy) is 2. The van der Waals surface area contributed by atoms with Gasteiger partial charge in [0.05, 0.1) is 22.7 Å². The Labute approximate surface area is 171 Å². The fourth-order valence-corrected chi connectivity index (χ4v) is 3.97. The zero-order valence-electron chi connectivity index (χ0n) is 16.4. The first-order chi connectivity index (χ1) is 12.6. The van der Waals surface area contributed by atoms with E-state index in [0.717, 1.165) is 10.0 Å². The Morgan fingerprint density at radius 1 is 1.33 bits per heavy atom. The summed E-state index contributed by atoms with van der Waals surface area (Å²) in [6.45, 7) is 7.96. The molecule has 2 rings (SSSR count). The predicted molar refractivity (Wildman–Crippen MR) is 113 cm³/mol. The third-order valence-electron chi connectivity index (χ3n) is 3.89. The van der Waals surface area contributed by atoms with Crippen molar-refractivity contribution >= 4 is 45.2 Å². The van der Waals surface area contributed by atoms with E-state index in [4.69, 9.17) is 9.47 Å². The second-order valence-electron chi connectivity index (χ2n) is 7.04. The third kappa shape index (κ3) is 4.90. The van der Waals surface area contributed by atoms with Crippen molar-refractivity contribution in [3.05, 3.63) is 41.7 Å². The molecular formula is C20H24BrNO4S. The second kappa shape index (κ2) is 8.44. The number of aromatic nitrogens is 1. The number of halogens is 1. The Hall–Kier alpha value is -1.86. The summed E-state index contributed by atoms with van der Waals surface area (Å²) in [5.74, 6) is 1.19. The highest BCUT2D eigenvalue weighted by molar-refractivity contribution is 9.10. The van der Waals surface area contributed by atoms with E-state index < -0.39 is 5.41 Å². The third-order valence-corrected chi connectivity index (χ3v) is 5.59. The molecule has 0 aliphatic heterocycles. The molecule has 0 amide bonds. The van der Waals surface area contributed by atoms with Crippen molar-refractivity contribution in [3.63, 3.8) is 0 Å². The first-order valence-corrected chi connectivity index (χ1v) is 10.1. The lowest BCUT2D eigenvalue weighted by Crippen LogP contribution is -2.30. The van der Waals surface area contributed by atoms with Crippen LogP contribution in [0.5, 0.6) is 11.5 Å². The Bertz CT molecular complexity index is 1030. The molecule has 5 nitrogen and oxygen atoms in total. The predicted octanol–water partition coefficient (Wildman–Crippen LogP) is 2.84. The molecule has 2 aromatic rings. The minimum Gasteiger partial charge on any atom is -0.492 e. The largest absolute Gasteiger partial charge is 0.492 e. The summed E-state index contributed by atoms with van der Waals surface area (Å²) in [6, 6.07) is 3.69. The SMILES string of the molecule is CCOc1cc(/C=c2/s/c(=C/C(=O)C(C)(C)C)n(C)c2=O)cc(Br)c1OC. The first-order valence-electron chi connectivity index (χ1n) is 8.52. The summed E-state index contributed by atoms with van der Waals surface area (Å²) in [6.07, 6.45) is 3.33. The van der Waals surface area contributed by atoms with Crippen molar-refractivity contribution in [1.82, 2.24) is 4.57 Å². The Morgan fingerprint density at radius 2 is 2.00 bits per heavy atom. The maximum Gasteiger partial charge on any atom is 0.268 e. The van der Waals surface area contributed by atoms with Crippen molar-refractivity contribution < 1.29 is 14.3 Å². The number of carbonyl (C=O) groups is 1. The number of ketones is 1. The summed E-state index contributed by atoms with van der Waals surface area (Å²) in [5.41, 5.74) is 0.175. The number of rotatable bonds is 5. The molecule has 0 N–H and O–H groups in total. The molecule has 0 spiro atoms. The van der Waals surface area contributed by atoms with Gasteiger partial charge in [-0.05, 0) is 46.6 Å². The van der Waals surface area contributed by atoms with E-state index in [1.165, 1.54) is 15.9 Å². The van der Waals surface area contributed by atoms with Gasteiger partial charge in [-0.25, -0.2) is 0 Å². The molecule has 1 aromatic heterocycles. The van der Waals surface area contributed by atoms with Gasteiger partial charge in [0.15, 0.2) is 17.3 Å². The van der Waals surface area contributed by atoms with Crippen molar-refractivity contribution in [1.29, 1.82) is 0 Å². The van der Waals surface area contributed by atoms with Crippen LogP contribution in [0.25, 0.3) is 12.2 Å². The smallest absolute Gasteiger partial charge is 0.268 e. The second-order valence-corrected chi connectivity index (χ2v) is 8.96. The average Bonchev–Trinajstić information content (AvgIpc) is 2.82. The Kier molecular flexibility index (Phi) is 6.70. The summed E-state index contributed by atoms with van der Waals surface area (Å²) < 4.78 is 14.4. The average molecular weight is 454 g/mol. The lowest BCUT2D eigenvalue weighted by Gasteiger charge is -2.12. The summed E-state index contributed by atoms with van der Waals surface area (Å²) >= 11 is 4.77. The Morgan fingerprint density at radius 3 is 2.56 bits per heavy atom. The van der Waals surface area contributed by atoms with Crippen molar-refractivity contribution in [3.8, 4) is 11.5 Å². The van der Waals surface area contributed by atoms with Gasteiger partial charge in [0.2, 0.25) is 0 Å². The topological polar surface area (TPSA) is 57.5 Å². The Balaban J connectivity index is 2.62. The molecule has 0 radical (unpaired) electrons. The van der Waals surface area contributed by atoms with E-state index in [-0.39, 0.29) is 11.3 Å². The zero-order valence-corrected chi connectivity index (χ0v) is 18.8. The molecule has 0 atom stereocenters. The highest BCUT2D eigenvalue weighted by Crippen LogP contribution is 2.36. The van der Waals surface area contributed by atoms with E-state index in [0.29, 0.717) is 27.3 Å². The van der Waals surface area contributed by atoms with Gasteiger partial charge in [-0.2, -0.15) is 0 Å². The highest BCUT2D eigenvalue weighted by atomic mass is 79.9. The number of benzene rings is 1. The molecule has 0 unspecified atom stereocenters. The van der Waals surface area contributed by atoms with Gasteiger partial charge >= 0.3 is 0 Å². The van der Waals surface area contributed by atoms with Crippen molar-refractivity contribution in [2.45, 2.75) is 27.7 Å². The molecular weight excluding hydrogens is 430 g/mol. The first kappa shape index (κ1) is 21.4. The maximum atomic E-state index is 12.6. The lowest BCUT2D eigenvalue weighted by molar-refractivity contribution is -0.120. The molecule has 0 bridgehead atoms. The van der Waals surface area contributed by atoms with Crippen LogP contribution in [0.2, 0.25) is 0 Å². The van der Waals surface area contributed by atoms with Gasteiger partial charge in [-0.1, -0.05) is 20.8 Å². The zero-order chi connectivity index (χ0) is 20.4. The van der Waals surface area contributed by atoms with Crippen LogP contribution in [0.3, 0.4) is 0 Å². The van der Waals surface area contributed by atoms with Gasteiger partial charge < -0.3 is 14.0 Å². The lowest BCUT2D eigenvalue weighted by atomic mass is 9.91. The summed E-state index contributed by atoms with van der Waals surface area (Å²) in [5, 5.41) is 0. The maximum absolute atomic E-state index is 12.6. The molecule has 7 heteroatoms. The van der Waals surface area contributed by atoms with Crippen LogP contribution in [-0.4, -0.2) is 24.1 Å². The number of hydrogen-bond acceptors (Lipinski definition) is 5. The molecule has 1 aromatic carbocycles. The number of carbonyl (C=O) groups excluding carboxylic acids is 1. The van der Waals surface area contributed by atoms with Crippen LogP contribution in [0, 0.1) is 5.41 Å². The van der Waals surface area contributed by atoms with E-state index in [1.54, 1.807) is 26.3 Å². The van der Waals surface area contributed by atoms with Gasteiger partial charge in [0.25, 0.3) is 5.56 Å². The number of Topliss-reactive ketones (excluding diaryl/α,β-unsaturated/α-hetero) is 1. The number of methoxy groups -OCH3 is 1. The monoisotopic (exact) mass is 453 g/mol. The minimum absolute atomic E-state index is 0.0169. The van der Waals surface area contributed by atoms with E-state index in [2.05, 4.69) is 15.9 Å². The molecule has 0 aliphatic carbocycles. The van der Waals surface area contributed by atoms with Crippen molar-refractivity contribution in [2.75, 3.05) is 13.7 Å². The normalized spacial score (nSPS) is 13.1. The van der Waals surface area contributed by atoms with Gasteiger partial charge in [0, 0.05) is 18.5 Å². The molecule has 27 heavy (non-hydrogen) atoms. The summed E-state index contributed by atoms with van der Waals surface area (Å²) in [4.78, 5) is 24.9. The van der Waals surface area contributed by atoms with E-state index >= 15 is 0 Å². The van der Waals surface area contributed by atoms with Crippen molar-refractivity contribution in [2.24, 2.45) is 12.5 Å². The number of thiazole rings is 1. The minimum atomic E-state index is -0.489. The standard InChI is InChI=1S/C20H24BrNO4S/c1-7-26-14-9-12(8-13(21)18(14)25-6)10-15-19(24)22(5)17(27-15)11-16(23)20(2,3)4/h8-11H,7H2,1-6H3/b15-10+,17-11+. The number of hydrogen-bond donors (Lipinski definition) is 0. The highest BCUT2D eigenvalue weighted by Gasteiger charge is 2.19. The molecule has 0 fully saturated rings. The summed E-state index contributed by atoms with van der Waals surface area (Å²) in [7, 11) is 3.25. The van der Waals surface area contributed by atoms with Crippen LogP contribution >= 0.6 is 27.3 Å². The molecule has 1 heterocycles. The van der Waals surface area contributed by atoms with Gasteiger partial charge in [0.1, 0.15) is 4.66 Å². The van der Waals surface area contributed by atoms with Gasteiger partial charge in [-0.3, -0.25) is 9.59 Å². The van der Waals surface area contributed by atoms with Crippen LogP contribution < -0.4 is 24.2 Å².